The highest BCUT2D eigenvalue weighted by molar-refractivity contribution is 8.26. The summed E-state index contributed by atoms with van der Waals surface area (Å²) >= 11 is 6.44. The van der Waals surface area contributed by atoms with Gasteiger partial charge in [-0.05, 0) is 35.9 Å². The summed E-state index contributed by atoms with van der Waals surface area (Å²) in [5.74, 6) is 2.05. The highest BCUT2D eigenvalue weighted by Gasteiger charge is 2.28. The van der Waals surface area contributed by atoms with Crippen molar-refractivity contribution >= 4 is 40.3 Å². The summed E-state index contributed by atoms with van der Waals surface area (Å²) in [5.41, 5.74) is 0.918. The Morgan fingerprint density at radius 1 is 1.04 bits per heavy atom. The number of nitrogens with zero attached hydrogens (tertiary/aromatic N) is 1. The van der Waals surface area contributed by atoms with Crippen LogP contribution in [-0.2, 0) is 4.79 Å². The van der Waals surface area contributed by atoms with Gasteiger partial charge in [0.25, 0.3) is 5.91 Å². The number of hydrogen-bond acceptors (Lipinski definition) is 6. The molecule has 0 bridgehead atoms. The molecule has 3 rings (SSSR count). The summed E-state index contributed by atoms with van der Waals surface area (Å²) in [6, 6.07) is 15.0. The Bertz CT molecular complexity index is 865. The molecular formula is C20H19NO4S2. The largest absolute Gasteiger partial charge is 0.493 e. The van der Waals surface area contributed by atoms with E-state index in [2.05, 4.69) is 0 Å². The van der Waals surface area contributed by atoms with Crippen LogP contribution in [0.25, 0.3) is 6.08 Å². The van der Waals surface area contributed by atoms with Gasteiger partial charge < -0.3 is 14.2 Å². The van der Waals surface area contributed by atoms with Crippen LogP contribution in [-0.4, -0.2) is 42.5 Å². The van der Waals surface area contributed by atoms with Crippen LogP contribution in [0.2, 0.25) is 0 Å². The molecular weight excluding hydrogens is 382 g/mol. The van der Waals surface area contributed by atoms with Gasteiger partial charge in [0, 0.05) is 7.05 Å². The summed E-state index contributed by atoms with van der Waals surface area (Å²) in [7, 11) is 3.29. The Kier molecular flexibility index (Phi) is 6.36. The van der Waals surface area contributed by atoms with Crippen molar-refractivity contribution in [3.05, 3.63) is 59.0 Å². The maximum absolute atomic E-state index is 12.0. The van der Waals surface area contributed by atoms with Crippen molar-refractivity contribution in [1.29, 1.82) is 0 Å². The second-order valence-electron chi connectivity index (χ2n) is 5.66. The SMILES string of the molecule is COc1ccccc1OCCOc1ccc(C=C2SC(=S)N(C)C2=O)cc1. The molecule has 5 nitrogen and oxygen atoms in total. The molecule has 7 heteroatoms. The van der Waals surface area contributed by atoms with Crippen molar-refractivity contribution in [2.24, 2.45) is 0 Å². The minimum atomic E-state index is -0.0705. The van der Waals surface area contributed by atoms with E-state index < -0.39 is 0 Å². The fourth-order valence-electron chi connectivity index (χ4n) is 2.41. The standard InChI is InChI=1S/C20H19NO4S2/c1-21-19(22)18(27-20(21)26)13-14-7-9-15(10-8-14)24-11-12-25-17-6-4-3-5-16(17)23-2/h3-10,13H,11-12H2,1-2H3. The number of ether oxygens (including phenoxy) is 3. The summed E-state index contributed by atoms with van der Waals surface area (Å²) in [5, 5.41) is 0. The predicted molar refractivity (Wildman–Crippen MR) is 111 cm³/mol. The first-order valence-corrected chi connectivity index (χ1v) is 9.51. The molecule has 1 fully saturated rings. The van der Waals surface area contributed by atoms with Gasteiger partial charge in [-0.25, -0.2) is 0 Å². The fourth-order valence-corrected chi connectivity index (χ4v) is 3.59. The Labute approximate surface area is 167 Å². The van der Waals surface area contributed by atoms with E-state index >= 15 is 0 Å². The van der Waals surface area contributed by atoms with E-state index in [-0.39, 0.29) is 5.91 Å². The highest BCUT2D eigenvalue weighted by Crippen LogP contribution is 2.31. The number of carbonyl (C=O) groups is 1. The third-order valence-electron chi connectivity index (χ3n) is 3.84. The summed E-state index contributed by atoms with van der Waals surface area (Å²) < 4.78 is 17.2. The predicted octanol–water partition coefficient (Wildman–Crippen LogP) is 3.98. The van der Waals surface area contributed by atoms with E-state index in [9.17, 15) is 4.79 Å². The molecule has 1 heterocycles. The maximum atomic E-state index is 12.0. The summed E-state index contributed by atoms with van der Waals surface area (Å²) in [6.07, 6.45) is 1.83. The van der Waals surface area contributed by atoms with Crippen molar-refractivity contribution < 1.29 is 19.0 Å². The van der Waals surface area contributed by atoms with Crippen LogP contribution in [0.3, 0.4) is 0 Å². The van der Waals surface area contributed by atoms with Crippen molar-refractivity contribution in [3.63, 3.8) is 0 Å². The molecule has 0 N–H and O–H groups in total. The van der Waals surface area contributed by atoms with E-state index in [4.69, 9.17) is 26.4 Å². The molecule has 2 aromatic rings. The van der Waals surface area contributed by atoms with Gasteiger partial charge in [-0.3, -0.25) is 9.69 Å². The van der Waals surface area contributed by atoms with Gasteiger partial charge >= 0.3 is 0 Å². The molecule has 0 spiro atoms. The number of hydrogen-bond donors (Lipinski definition) is 0. The maximum Gasteiger partial charge on any atom is 0.265 e. The third-order valence-corrected chi connectivity index (χ3v) is 5.33. The Hall–Kier alpha value is -2.51. The van der Waals surface area contributed by atoms with Crippen LogP contribution in [0, 0.1) is 0 Å². The van der Waals surface area contributed by atoms with Crippen LogP contribution in [0.1, 0.15) is 5.56 Å². The van der Waals surface area contributed by atoms with Gasteiger partial charge in [0.05, 0.1) is 12.0 Å². The molecule has 1 saturated heterocycles. The average molecular weight is 402 g/mol. The lowest BCUT2D eigenvalue weighted by Gasteiger charge is -2.11. The number of rotatable bonds is 7. The lowest BCUT2D eigenvalue weighted by molar-refractivity contribution is -0.121. The van der Waals surface area contributed by atoms with Crippen LogP contribution in [0.15, 0.2) is 53.4 Å². The van der Waals surface area contributed by atoms with Crippen molar-refractivity contribution in [1.82, 2.24) is 4.90 Å². The molecule has 0 atom stereocenters. The molecule has 1 aliphatic heterocycles. The zero-order chi connectivity index (χ0) is 19.2. The number of benzene rings is 2. The number of thioether (sulfide) groups is 1. The van der Waals surface area contributed by atoms with Crippen molar-refractivity contribution in [3.8, 4) is 17.2 Å². The zero-order valence-electron chi connectivity index (χ0n) is 15.0. The van der Waals surface area contributed by atoms with Gasteiger partial charge in [-0.1, -0.05) is 48.2 Å². The summed E-state index contributed by atoms with van der Waals surface area (Å²) in [4.78, 5) is 14.1. The van der Waals surface area contributed by atoms with Gasteiger partial charge in [0.2, 0.25) is 0 Å². The van der Waals surface area contributed by atoms with E-state index in [1.54, 1.807) is 14.2 Å². The van der Waals surface area contributed by atoms with E-state index in [1.165, 1.54) is 16.7 Å². The van der Waals surface area contributed by atoms with Crippen molar-refractivity contribution in [2.45, 2.75) is 0 Å². The number of thiocarbonyl (C=S) groups is 1. The molecule has 27 heavy (non-hydrogen) atoms. The monoisotopic (exact) mass is 401 g/mol. The molecule has 0 saturated carbocycles. The average Bonchev–Trinajstić information content (AvgIpc) is 2.93. The Morgan fingerprint density at radius 3 is 2.33 bits per heavy atom. The fraction of sp³-hybridized carbons (Fsp3) is 0.200. The number of likely N-dealkylation sites (N-methyl/N-ethyl adjacent to an activating group) is 1. The van der Waals surface area contributed by atoms with Gasteiger partial charge in [-0.15, -0.1) is 0 Å². The lowest BCUT2D eigenvalue weighted by atomic mass is 10.2. The topological polar surface area (TPSA) is 48.0 Å². The molecule has 0 aromatic heterocycles. The second kappa shape index (κ2) is 8.92. The molecule has 1 aliphatic rings. The second-order valence-corrected chi connectivity index (χ2v) is 7.33. The Balaban J connectivity index is 1.51. The first-order valence-electron chi connectivity index (χ1n) is 8.28. The number of carbonyl (C=O) groups excluding carboxylic acids is 1. The van der Waals surface area contributed by atoms with Crippen molar-refractivity contribution in [2.75, 3.05) is 27.4 Å². The third kappa shape index (κ3) is 4.81. The molecule has 0 unspecified atom stereocenters. The smallest absolute Gasteiger partial charge is 0.265 e. The van der Waals surface area contributed by atoms with Gasteiger partial charge in [-0.2, -0.15) is 0 Å². The van der Waals surface area contributed by atoms with E-state index in [0.29, 0.717) is 33.9 Å². The minimum absolute atomic E-state index is 0.0705. The first kappa shape index (κ1) is 19.3. The molecule has 0 aliphatic carbocycles. The lowest BCUT2D eigenvalue weighted by Crippen LogP contribution is -2.22. The van der Waals surface area contributed by atoms with Crippen LogP contribution in [0.4, 0.5) is 0 Å². The molecule has 2 aromatic carbocycles. The minimum Gasteiger partial charge on any atom is -0.493 e. The molecule has 0 radical (unpaired) electrons. The zero-order valence-corrected chi connectivity index (χ0v) is 16.6. The molecule has 140 valence electrons. The van der Waals surface area contributed by atoms with Crippen LogP contribution in [0.5, 0.6) is 17.2 Å². The van der Waals surface area contributed by atoms with Gasteiger partial charge in [0.15, 0.2) is 11.5 Å². The molecule has 1 amide bonds. The highest BCUT2D eigenvalue weighted by atomic mass is 32.2. The van der Waals surface area contributed by atoms with Crippen LogP contribution >= 0.6 is 24.0 Å². The normalized spacial score (nSPS) is 15.3. The number of amides is 1. The van der Waals surface area contributed by atoms with Crippen LogP contribution < -0.4 is 14.2 Å². The Morgan fingerprint density at radius 2 is 1.70 bits per heavy atom. The quantitative estimate of drug-likeness (QED) is 0.397. The summed E-state index contributed by atoms with van der Waals surface area (Å²) in [6.45, 7) is 0.812. The van der Waals surface area contributed by atoms with E-state index in [1.807, 2.05) is 54.6 Å². The first-order chi connectivity index (χ1) is 13.1. The van der Waals surface area contributed by atoms with E-state index in [0.717, 1.165) is 11.3 Å². The number of para-hydroxylation sites is 2. The van der Waals surface area contributed by atoms with Gasteiger partial charge in [0.1, 0.15) is 23.3 Å². The number of methoxy groups -OCH3 is 1.